The molecule has 3 fully saturated rings. The second kappa shape index (κ2) is 7.10. The third-order valence-corrected chi connectivity index (χ3v) is 6.67. The van der Waals surface area contributed by atoms with Crippen LogP contribution in [-0.4, -0.2) is 43.8 Å². The van der Waals surface area contributed by atoms with Gasteiger partial charge >= 0.3 is 6.03 Å². The minimum atomic E-state index is 0.0903. The molecule has 2 saturated heterocycles. The van der Waals surface area contributed by atoms with E-state index in [2.05, 4.69) is 16.3 Å². The maximum atomic E-state index is 12.8. The molecule has 1 atom stereocenters. The maximum absolute atomic E-state index is 12.8. The van der Waals surface area contributed by atoms with Gasteiger partial charge in [0.2, 0.25) is 0 Å². The summed E-state index contributed by atoms with van der Waals surface area (Å²) in [5.41, 5.74) is 2.62. The van der Waals surface area contributed by atoms with Crippen molar-refractivity contribution in [2.45, 2.75) is 51.6 Å². The molecule has 0 bridgehead atoms. The van der Waals surface area contributed by atoms with Crippen LogP contribution in [-0.2, 0) is 11.3 Å². The van der Waals surface area contributed by atoms with Crippen LogP contribution in [0.5, 0.6) is 5.75 Å². The predicted octanol–water partition coefficient (Wildman–Crippen LogP) is 3.49. The number of carbonyl (C=O) groups excluding carboxylic acids is 1. The fourth-order valence-electron chi connectivity index (χ4n) is 5.15. The smallest absolute Gasteiger partial charge is 0.317 e. The molecule has 0 unspecified atom stereocenters. The molecule has 26 heavy (non-hydrogen) atoms. The van der Waals surface area contributed by atoms with E-state index in [1.165, 1.54) is 19.3 Å². The highest BCUT2D eigenvalue weighted by Crippen LogP contribution is 2.56. The summed E-state index contributed by atoms with van der Waals surface area (Å²) >= 11 is 0. The number of amides is 2. The van der Waals surface area contributed by atoms with E-state index in [1.807, 2.05) is 19.1 Å². The fourth-order valence-corrected chi connectivity index (χ4v) is 5.15. The van der Waals surface area contributed by atoms with Crippen LogP contribution in [0.4, 0.5) is 4.79 Å². The van der Waals surface area contributed by atoms with E-state index in [0.29, 0.717) is 23.9 Å². The Bertz CT molecular complexity index is 665. The number of carbonyl (C=O) groups is 1. The quantitative estimate of drug-likeness (QED) is 0.896. The van der Waals surface area contributed by atoms with Crippen molar-refractivity contribution in [3.63, 3.8) is 0 Å². The molecule has 0 radical (unpaired) electrons. The zero-order valence-electron chi connectivity index (χ0n) is 15.9. The molecule has 1 aromatic carbocycles. The first-order chi connectivity index (χ1) is 12.6. The van der Waals surface area contributed by atoms with Crippen molar-refractivity contribution < 1.29 is 14.3 Å². The van der Waals surface area contributed by atoms with Gasteiger partial charge in [-0.1, -0.05) is 18.6 Å². The van der Waals surface area contributed by atoms with E-state index in [-0.39, 0.29) is 6.03 Å². The zero-order chi connectivity index (χ0) is 18.1. The van der Waals surface area contributed by atoms with Gasteiger partial charge in [0.25, 0.3) is 0 Å². The largest absolute Gasteiger partial charge is 0.496 e. The summed E-state index contributed by atoms with van der Waals surface area (Å²) in [5.74, 6) is 1.49. The summed E-state index contributed by atoms with van der Waals surface area (Å²) in [4.78, 5) is 14.9. The van der Waals surface area contributed by atoms with Crippen LogP contribution in [0.2, 0.25) is 0 Å². The van der Waals surface area contributed by atoms with Crippen LogP contribution in [0.15, 0.2) is 18.2 Å². The topological polar surface area (TPSA) is 50.8 Å². The van der Waals surface area contributed by atoms with Gasteiger partial charge in [-0.25, -0.2) is 4.79 Å². The lowest BCUT2D eigenvalue weighted by molar-refractivity contribution is -0.137. The Morgan fingerprint density at radius 2 is 2.12 bits per heavy atom. The molecule has 2 amide bonds. The van der Waals surface area contributed by atoms with Gasteiger partial charge in [0.15, 0.2) is 0 Å². The van der Waals surface area contributed by atoms with Crippen LogP contribution < -0.4 is 10.1 Å². The van der Waals surface area contributed by atoms with E-state index >= 15 is 0 Å². The Hall–Kier alpha value is -1.75. The monoisotopic (exact) mass is 358 g/mol. The van der Waals surface area contributed by atoms with Gasteiger partial charge in [-0.05, 0) is 55.7 Å². The number of ether oxygens (including phenoxy) is 2. The van der Waals surface area contributed by atoms with Crippen LogP contribution in [0.25, 0.3) is 0 Å². The summed E-state index contributed by atoms with van der Waals surface area (Å²) in [6.45, 7) is 5.22. The van der Waals surface area contributed by atoms with Crippen molar-refractivity contribution in [1.82, 2.24) is 10.2 Å². The Labute approximate surface area is 156 Å². The summed E-state index contributed by atoms with van der Waals surface area (Å²) in [6.07, 6.45) is 6.08. The lowest BCUT2D eigenvalue weighted by Crippen LogP contribution is -2.72. The van der Waals surface area contributed by atoms with Crippen LogP contribution in [0.3, 0.4) is 0 Å². The highest BCUT2D eigenvalue weighted by molar-refractivity contribution is 5.76. The molecular formula is C21H30N2O3. The second-order valence-electron chi connectivity index (χ2n) is 8.20. The number of nitrogens with one attached hydrogen (secondary N) is 1. The minimum absolute atomic E-state index is 0.0903. The standard InChI is InChI=1S/C21H30N2O3/c1-15-12-16(4-5-18(15)25-2)13-22-20(24)23-14-21(8-3-9-21)19(23)17-6-10-26-11-7-17/h4-5,12,17,19H,3,6-11,13-14H2,1-2H3,(H,22,24)/t19-/m0/s1. The number of hydrogen-bond donors (Lipinski definition) is 1. The molecule has 4 rings (SSSR count). The Kier molecular flexibility index (Phi) is 4.82. The Balaban J connectivity index is 1.38. The molecule has 3 aliphatic rings. The number of methoxy groups -OCH3 is 1. The van der Waals surface area contributed by atoms with E-state index in [1.54, 1.807) is 7.11 Å². The lowest BCUT2D eigenvalue weighted by Gasteiger charge is -2.64. The number of urea groups is 1. The molecule has 1 aliphatic carbocycles. The van der Waals surface area contributed by atoms with Gasteiger partial charge in [0.05, 0.1) is 7.11 Å². The molecule has 5 heteroatoms. The van der Waals surface area contributed by atoms with Crippen molar-refractivity contribution in [3.8, 4) is 5.75 Å². The highest BCUT2D eigenvalue weighted by atomic mass is 16.5. The molecule has 1 spiro atoms. The average molecular weight is 358 g/mol. The van der Waals surface area contributed by atoms with E-state index in [0.717, 1.165) is 49.5 Å². The number of aryl methyl sites for hydroxylation is 1. The van der Waals surface area contributed by atoms with Gasteiger partial charge in [-0.2, -0.15) is 0 Å². The molecule has 1 aromatic rings. The molecular weight excluding hydrogens is 328 g/mol. The molecule has 1 N–H and O–H groups in total. The minimum Gasteiger partial charge on any atom is -0.496 e. The number of benzene rings is 1. The van der Waals surface area contributed by atoms with E-state index in [4.69, 9.17) is 9.47 Å². The summed E-state index contributed by atoms with van der Waals surface area (Å²) in [6, 6.07) is 6.57. The number of hydrogen-bond acceptors (Lipinski definition) is 3. The Morgan fingerprint density at radius 1 is 1.35 bits per heavy atom. The van der Waals surface area contributed by atoms with Crippen LogP contribution in [0.1, 0.15) is 43.2 Å². The first kappa shape index (κ1) is 17.7. The maximum Gasteiger partial charge on any atom is 0.317 e. The van der Waals surface area contributed by atoms with Gasteiger partial charge in [-0.3, -0.25) is 0 Å². The predicted molar refractivity (Wildman–Crippen MR) is 100 cm³/mol. The first-order valence-corrected chi connectivity index (χ1v) is 9.89. The van der Waals surface area contributed by atoms with Crippen molar-refractivity contribution in [3.05, 3.63) is 29.3 Å². The van der Waals surface area contributed by atoms with Gasteiger partial charge in [0, 0.05) is 37.8 Å². The average Bonchev–Trinajstić information content (AvgIpc) is 2.59. The number of likely N-dealkylation sites (tertiary alicyclic amines) is 1. The van der Waals surface area contributed by atoms with Crippen molar-refractivity contribution in [1.29, 1.82) is 0 Å². The second-order valence-corrected chi connectivity index (χ2v) is 8.20. The van der Waals surface area contributed by atoms with Gasteiger partial charge in [-0.15, -0.1) is 0 Å². The van der Waals surface area contributed by atoms with E-state index < -0.39 is 0 Å². The third kappa shape index (κ3) is 3.07. The highest BCUT2D eigenvalue weighted by Gasteiger charge is 2.59. The van der Waals surface area contributed by atoms with Crippen LogP contribution >= 0.6 is 0 Å². The van der Waals surface area contributed by atoms with E-state index in [9.17, 15) is 4.79 Å². The van der Waals surface area contributed by atoms with Gasteiger partial charge in [0.1, 0.15) is 5.75 Å². The summed E-state index contributed by atoms with van der Waals surface area (Å²) in [7, 11) is 1.68. The molecule has 0 aromatic heterocycles. The first-order valence-electron chi connectivity index (χ1n) is 9.89. The van der Waals surface area contributed by atoms with Crippen LogP contribution in [0, 0.1) is 18.3 Å². The summed E-state index contributed by atoms with van der Waals surface area (Å²) in [5, 5.41) is 3.14. The Morgan fingerprint density at radius 3 is 2.73 bits per heavy atom. The lowest BCUT2D eigenvalue weighted by atomic mass is 9.54. The molecule has 1 saturated carbocycles. The zero-order valence-corrected chi connectivity index (χ0v) is 15.9. The van der Waals surface area contributed by atoms with Crippen molar-refractivity contribution in [2.75, 3.05) is 26.9 Å². The normalized spacial score (nSPS) is 24.7. The molecule has 142 valence electrons. The van der Waals surface area contributed by atoms with Crippen molar-refractivity contribution >= 4 is 6.03 Å². The summed E-state index contributed by atoms with van der Waals surface area (Å²) < 4.78 is 10.8. The fraction of sp³-hybridized carbons (Fsp3) is 0.667. The molecule has 2 heterocycles. The molecule has 2 aliphatic heterocycles. The number of nitrogens with zero attached hydrogens (tertiary/aromatic N) is 1. The van der Waals surface area contributed by atoms with Crippen molar-refractivity contribution in [2.24, 2.45) is 11.3 Å². The third-order valence-electron chi connectivity index (χ3n) is 6.67. The number of rotatable bonds is 4. The van der Waals surface area contributed by atoms with Gasteiger partial charge < -0.3 is 19.7 Å². The SMILES string of the molecule is COc1ccc(CNC(=O)N2CC3(CCC3)[C@@H]2C2CCOCC2)cc1C. The molecule has 5 nitrogen and oxygen atoms in total.